The maximum absolute atomic E-state index is 13.9. The Morgan fingerprint density at radius 1 is 1.13 bits per heavy atom. The van der Waals surface area contributed by atoms with Crippen LogP contribution in [0.25, 0.3) is 0 Å². The van der Waals surface area contributed by atoms with Crippen LogP contribution >= 0.6 is 11.6 Å². The average molecular weight is 432 g/mol. The molecule has 160 valence electrons. The first-order valence-corrected chi connectivity index (χ1v) is 10.4. The first kappa shape index (κ1) is 22.5. The Bertz CT molecular complexity index is 862. The van der Waals surface area contributed by atoms with E-state index in [2.05, 4.69) is 15.9 Å². The number of nitriles is 1. The first-order chi connectivity index (χ1) is 14.4. The minimum Gasteiger partial charge on any atom is -0.367 e. The summed E-state index contributed by atoms with van der Waals surface area (Å²) in [5, 5.41) is 9.17. The Hall–Kier alpha value is -2.17. The summed E-state index contributed by atoms with van der Waals surface area (Å²) >= 11 is 5.82. The molecule has 0 amide bonds. The predicted molar refractivity (Wildman–Crippen MR) is 116 cm³/mol. The van der Waals surface area contributed by atoms with Crippen LogP contribution in [-0.4, -0.2) is 51.6 Å². The van der Waals surface area contributed by atoms with Gasteiger partial charge in [-0.25, -0.2) is 4.39 Å². The smallest absolute Gasteiger partial charge is 0.159 e. The Morgan fingerprint density at radius 2 is 1.83 bits per heavy atom. The molecule has 5 nitrogen and oxygen atoms in total. The third-order valence-electron chi connectivity index (χ3n) is 5.01. The molecule has 0 aliphatic carbocycles. The molecule has 3 rings (SSSR count). The molecule has 1 saturated heterocycles. The zero-order chi connectivity index (χ0) is 21.5. The number of nitrogens with zero attached hydrogens (tertiary/aromatic N) is 3. The van der Waals surface area contributed by atoms with E-state index in [1.165, 1.54) is 6.07 Å². The van der Waals surface area contributed by atoms with Gasteiger partial charge in [-0.3, -0.25) is 0 Å². The van der Waals surface area contributed by atoms with Gasteiger partial charge in [0, 0.05) is 37.7 Å². The SMILES string of the molecule is CN(C)CC1COC(CCN(Cc2ccc(Cl)c(F)c2)c2ccc(C#N)cc2)OC1. The van der Waals surface area contributed by atoms with Gasteiger partial charge < -0.3 is 19.3 Å². The van der Waals surface area contributed by atoms with E-state index in [-0.39, 0.29) is 11.3 Å². The van der Waals surface area contributed by atoms with Gasteiger partial charge in [0.2, 0.25) is 0 Å². The molecule has 1 aliphatic rings. The number of rotatable bonds is 8. The average Bonchev–Trinajstić information content (AvgIpc) is 2.74. The summed E-state index contributed by atoms with van der Waals surface area (Å²) in [6, 6.07) is 14.4. The van der Waals surface area contributed by atoms with Gasteiger partial charge in [-0.2, -0.15) is 5.26 Å². The summed E-state index contributed by atoms with van der Waals surface area (Å²) in [7, 11) is 4.09. The Morgan fingerprint density at radius 3 is 2.43 bits per heavy atom. The van der Waals surface area contributed by atoms with E-state index in [0.29, 0.717) is 44.2 Å². The molecular formula is C23H27ClFN3O2. The lowest BCUT2D eigenvalue weighted by Crippen LogP contribution is -2.39. The highest BCUT2D eigenvalue weighted by molar-refractivity contribution is 6.30. The normalized spacial score (nSPS) is 18.9. The molecule has 1 aliphatic heterocycles. The number of anilines is 1. The predicted octanol–water partition coefficient (Wildman–Crippen LogP) is 4.30. The lowest BCUT2D eigenvalue weighted by Gasteiger charge is -2.33. The molecule has 0 atom stereocenters. The van der Waals surface area contributed by atoms with E-state index in [1.807, 2.05) is 32.3 Å². The standard InChI is InChI=1S/C23H27ClFN3O2/c1-27(2)13-19-15-29-23(30-16-19)9-10-28(20-6-3-17(12-26)4-7-20)14-18-5-8-21(24)22(25)11-18/h3-8,11,19,23H,9-10,13-16H2,1-2H3. The summed E-state index contributed by atoms with van der Waals surface area (Å²) < 4.78 is 25.7. The number of halogens is 2. The third-order valence-corrected chi connectivity index (χ3v) is 5.32. The van der Waals surface area contributed by atoms with Crippen molar-refractivity contribution in [3.63, 3.8) is 0 Å². The zero-order valence-electron chi connectivity index (χ0n) is 17.4. The van der Waals surface area contributed by atoms with Gasteiger partial charge in [0.15, 0.2) is 6.29 Å². The van der Waals surface area contributed by atoms with Crippen LogP contribution in [0.5, 0.6) is 0 Å². The van der Waals surface area contributed by atoms with Crippen molar-refractivity contribution in [2.45, 2.75) is 19.3 Å². The molecule has 0 saturated carbocycles. The van der Waals surface area contributed by atoms with E-state index in [4.69, 9.17) is 26.3 Å². The maximum Gasteiger partial charge on any atom is 0.159 e. The second-order valence-corrected chi connectivity index (χ2v) is 8.25. The molecule has 30 heavy (non-hydrogen) atoms. The van der Waals surface area contributed by atoms with Gasteiger partial charge in [0.05, 0.1) is 29.9 Å². The number of hydrogen-bond donors (Lipinski definition) is 0. The summed E-state index contributed by atoms with van der Waals surface area (Å²) in [4.78, 5) is 4.26. The molecule has 0 N–H and O–H groups in total. The van der Waals surface area contributed by atoms with Crippen LogP contribution in [0.3, 0.4) is 0 Å². The molecule has 2 aromatic rings. The van der Waals surface area contributed by atoms with Crippen molar-refractivity contribution in [3.8, 4) is 6.07 Å². The Labute approximate surface area is 182 Å². The fourth-order valence-corrected chi connectivity index (χ4v) is 3.65. The quantitative estimate of drug-likeness (QED) is 0.623. The molecule has 0 bridgehead atoms. The molecule has 0 unspecified atom stereocenters. The van der Waals surface area contributed by atoms with Crippen LogP contribution < -0.4 is 4.90 Å². The second kappa shape index (κ2) is 10.7. The lowest BCUT2D eigenvalue weighted by atomic mass is 10.1. The maximum atomic E-state index is 13.9. The monoisotopic (exact) mass is 431 g/mol. The van der Waals surface area contributed by atoms with Crippen LogP contribution in [0.1, 0.15) is 17.5 Å². The summed E-state index contributed by atoms with van der Waals surface area (Å²) in [6.45, 7) is 3.48. The fourth-order valence-electron chi connectivity index (χ4n) is 3.54. The van der Waals surface area contributed by atoms with E-state index in [1.54, 1.807) is 18.2 Å². The van der Waals surface area contributed by atoms with Crippen molar-refractivity contribution < 1.29 is 13.9 Å². The molecule has 7 heteroatoms. The van der Waals surface area contributed by atoms with Crippen LogP contribution in [-0.2, 0) is 16.0 Å². The summed E-state index contributed by atoms with van der Waals surface area (Å²) in [6.07, 6.45) is 0.427. The second-order valence-electron chi connectivity index (χ2n) is 7.84. The van der Waals surface area contributed by atoms with Gasteiger partial charge in [-0.05, 0) is 56.1 Å². The van der Waals surface area contributed by atoms with Gasteiger partial charge in [0.1, 0.15) is 5.82 Å². The first-order valence-electron chi connectivity index (χ1n) is 10.0. The zero-order valence-corrected chi connectivity index (χ0v) is 18.1. The highest BCUT2D eigenvalue weighted by Crippen LogP contribution is 2.23. The molecule has 1 fully saturated rings. The van der Waals surface area contributed by atoms with E-state index >= 15 is 0 Å². The minimum absolute atomic E-state index is 0.111. The molecule has 0 radical (unpaired) electrons. The highest BCUT2D eigenvalue weighted by atomic mass is 35.5. The number of benzene rings is 2. The van der Waals surface area contributed by atoms with Crippen LogP contribution in [0.2, 0.25) is 5.02 Å². The Kier molecular flexibility index (Phi) is 8.06. The Balaban J connectivity index is 1.65. The van der Waals surface area contributed by atoms with E-state index in [0.717, 1.165) is 17.8 Å². The number of ether oxygens (including phenoxy) is 2. The third kappa shape index (κ3) is 6.41. The lowest BCUT2D eigenvalue weighted by molar-refractivity contribution is -0.203. The van der Waals surface area contributed by atoms with Crippen molar-refractivity contribution in [3.05, 3.63) is 64.4 Å². The topological polar surface area (TPSA) is 48.7 Å². The molecule has 2 aromatic carbocycles. The molecular weight excluding hydrogens is 405 g/mol. The fraction of sp³-hybridized carbons (Fsp3) is 0.435. The highest BCUT2D eigenvalue weighted by Gasteiger charge is 2.23. The summed E-state index contributed by atoms with van der Waals surface area (Å²) in [5.74, 6) is -0.0530. The largest absolute Gasteiger partial charge is 0.367 e. The summed E-state index contributed by atoms with van der Waals surface area (Å²) in [5.41, 5.74) is 2.37. The van der Waals surface area contributed by atoms with E-state index < -0.39 is 5.82 Å². The van der Waals surface area contributed by atoms with Gasteiger partial charge in [-0.15, -0.1) is 0 Å². The van der Waals surface area contributed by atoms with Crippen LogP contribution in [0.4, 0.5) is 10.1 Å². The molecule has 0 aromatic heterocycles. The van der Waals surface area contributed by atoms with Crippen molar-refractivity contribution in [2.24, 2.45) is 5.92 Å². The van der Waals surface area contributed by atoms with Gasteiger partial charge in [0.25, 0.3) is 0 Å². The van der Waals surface area contributed by atoms with Crippen molar-refractivity contribution in [1.82, 2.24) is 4.90 Å². The van der Waals surface area contributed by atoms with Crippen LogP contribution in [0, 0.1) is 23.1 Å². The van der Waals surface area contributed by atoms with Crippen molar-refractivity contribution in [1.29, 1.82) is 5.26 Å². The minimum atomic E-state index is -0.431. The van der Waals surface area contributed by atoms with Crippen molar-refractivity contribution >= 4 is 17.3 Å². The number of hydrogen-bond acceptors (Lipinski definition) is 5. The molecule has 0 spiro atoms. The van der Waals surface area contributed by atoms with Gasteiger partial charge >= 0.3 is 0 Å². The van der Waals surface area contributed by atoms with Crippen molar-refractivity contribution in [2.75, 3.05) is 45.3 Å². The van der Waals surface area contributed by atoms with Crippen LogP contribution in [0.15, 0.2) is 42.5 Å². The molecule has 1 heterocycles. The van der Waals surface area contributed by atoms with Gasteiger partial charge in [-0.1, -0.05) is 17.7 Å². The van der Waals surface area contributed by atoms with E-state index in [9.17, 15) is 4.39 Å².